The molecular weight excluding hydrogens is 284 g/mol. The van der Waals surface area contributed by atoms with Crippen molar-refractivity contribution in [1.29, 1.82) is 0 Å². The van der Waals surface area contributed by atoms with Gasteiger partial charge in [0.05, 0.1) is 15.2 Å². The fourth-order valence-corrected chi connectivity index (χ4v) is 3.85. The summed E-state index contributed by atoms with van der Waals surface area (Å²) in [6, 6.07) is 6.91. The first kappa shape index (κ1) is 10.7. The molecule has 2 aromatic rings. The SMILES string of the molecule is Brc1cccc2sc(CC3CCCN3)nc12. The summed E-state index contributed by atoms with van der Waals surface area (Å²) in [5.41, 5.74) is 1.11. The van der Waals surface area contributed by atoms with Crippen LogP contribution in [-0.2, 0) is 6.42 Å². The first-order valence-corrected chi connectivity index (χ1v) is 7.21. The molecule has 1 N–H and O–H groups in total. The molecule has 3 rings (SSSR count). The summed E-state index contributed by atoms with van der Waals surface area (Å²) in [6.07, 6.45) is 3.67. The monoisotopic (exact) mass is 296 g/mol. The van der Waals surface area contributed by atoms with Crippen LogP contribution in [0.4, 0.5) is 0 Å². The third kappa shape index (κ3) is 2.01. The zero-order valence-corrected chi connectivity index (χ0v) is 11.3. The van der Waals surface area contributed by atoms with Crippen LogP contribution in [0.1, 0.15) is 17.8 Å². The highest BCUT2D eigenvalue weighted by Gasteiger charge is 2.16. The number of thiazole rings is 1. The van der Waals surface area contributed by atoms with Gasteiger partial charge >= 0.3 is 0 Å². The maximum absolute atomic E-state index is 4.71. The average molecular weight is 297 g/mol. The van der Waals surface area contributed by atoms with Crippen LogP contribution in [0.2, 0.25) is 0 Å². The standard InChI is InChI=1S/C12H13BrN2S/c13-9-4-1-5-10-12(9)15-11(16-10)7-8-3-2-6-14-8/h1,4-5,8,14H,2-3,6-7H2. The summed E-state index contributed by atoms with van der Waals surface area (Å²) in [4.78, 5) is 4.71. The van der Waals surface area contributed by atoms with Crippen LogP contribution in [0.3, 0.4) is 0 Å². The third-order valence-electron chi connectivity index (χ3n) is 3.00. The van der Waals surface area contributed by atoms with Gasteiger partial charge in [-0.1, -0.05) is 6.07 Å². The van der Waals surface area contributed by atoms with Crippen LogP contribution < -0.4 is 5.32 Å². The summed E-state index contributed by atoms with van der Waals surface area (Å²) in [7, 11) is 0. The van der Waals surface area contributed by atoms with E-state index in [1.807, 2.05) is 11.3 Å². The molecule has 84 valence electrons. The number of nitrogens with one attached hydrogen (secondary N) is 1. The predicted octanol–water partition coefficient (Wildman–Crippen LogP) is 3.35. The lowest BCUT2D eigenvalue weighted by atomic mass is 10.2. The van der Waals surface area contributed by atoms with E-state index >= 15 is 0 Å². The van der Waals surface area contributed by atoms with E-state index in [0.29, 0.717) is 6.04 Å². The average Bonchev–Trinajstić information content (AvgIpc) is 2.88. The topological polar surface area (TPSA) is 24.9 Å². The normalized spacial score (nSPS) is 20.7. The largest absolute Gasteiger partial charge is 0.314 e. The van der Waals surface area contributed by atoms with Gasteiger partial charge in [-0.15, -0.1) is 11.3 Å². The number of hydrogen-bond acceptors (Lipinski definition) is 3. The highest BCUT2D eigenvalue weighted by Crippen LogP contribution is 2.29. The number of fused-ring (bicyclic) bond motifs is 1. The van der Waals surface area contributed by atoms with E-state index in [-0.39, 0.29) is 0 Å². The molecule has 0 amide bonds. The molecule has 1 fully saturated rings. The van der Waals surface area contributed by atoms with Gasteiger partial charge < -0.3 is 5.32 Å². The molecule has 1 aromatic heterocycles. The van der Waals surface area contributed by atoms with E-state index in [2.05, 4.69) is 39.4 Å². The summed E-state index contributed by atoms with van der Waals surface area (Å²) in [6.45, 7) is 1.17. The Kier molecular flexibility index (Phi) is 2.96. The molecule has 1 unspecified atom stereocenters. The van der Waals surface area contributed by atoms with Gasteiger partial charge in [0.25, 0.3) is 0 Å². The van der Waals surface area contributed by atoms with Crippen molar-refractivity contribution < 1.29 is 0 Å². The summed E-state index contributed by atoms with van der Waals surface area (Å²) >= 11 is 5.37. The number of hydrogen-bond donors (Lipinski definition) is 1. The number of nitrogens with zero attached hydrogens (tertiary/aromatic N) is 1. The third-order valence-corrected chi connectivity index (χ3v) is 4.68. The van der Waals surface area contributed by atoms with Crippen LogP contribution in [-0.4, -0.2) is 17.6 Å². The van der Waals surface area contributed by atoms with Crippen molar-refractivity contribution in [2.24, 2.45) is 0 Å². The molecule has 1 aliphatic rings. The zero-order valence-electron chi connectivity index (χ0n) is 8.87. The minimum Gasteiger partial charge on any atom is -0.314 e. The second-order valence-corrected chi connectivity index (χ2v) is 6.16. The molecule has 1 saturated heterocycles. The molecule has 2 nitrogen and oxygen atoms in total. The highest BCUT2D eigenvalue weighted by molar-refractivity contribution is 9.10. The Morgan fingerprint density at radius 3 is 3.19 bits per heavy atom. The van der Waals surface area contributed by atoms with Gasteiger partial charge in [0.1, 0.15) is 0 Å². The van der Waals surface area contributed by atoms with Crippen molar-refractivity contribution in [2.45, 2.75) is 25.3 Å². The molecule has 1 atom stereocenters. The Hall–Kier alpha value is -0.450. The fourth-order valence-electron chi connectivity index (χ4n) is 2.19. The molecule has 1 aliphatic heterocycles. The van der Waals surface area contributed by atoms with Gasteiger partial charge in [0.15, 0.2) is 0 Å². The maximum Gasteiger partial charge on any atom is 0.0957 e. The minimum atomic E-state index is 0.638. The Morgan fingerprint density at radius 1 is 1.50 bits per heavy atom. The molecule has 2 heterocycles. The molecule has 16 heavy (non-hydrogen) atoms. The Balaban J connectivity index is 1.90. The van der Waals surface area contributed by atoms with Gasteiger partial charge in [0, 0.05) is 16.9 Å². The number of aromatic nitrogens is 1. The van der Waals surface area contributed by atoms with Crippen LogP contribution >= 0.6 is 27.3 Å². The van der Waals surface area contributed by atoms with Crippen LogP contribution in [0, 0.1) is 0 Å². The highest BCUT2D eigenvalue weighted by atomic mass is 79.9. The Labute approximate surface area is 107 Å². The van der Waals surface area contributed by atoms with E-state index in [9.17, 15) is 0 Å². The predicted molar refractivity (Wildman–Crippen MR) is 72.0 cm³/mol. The van der Waals surface area contributed by atoms with E-state index in [1.165, 1.54) is 29.1 Å². The molecule has 1 aromatic carbocycles. The van der Waals surface area contributed by atoms with Crippen LogP contribution in [0.15, 0.2) is 22.7 Å². The van der Waals surface area contributed by atoms with Crippen molar-refractivity contribution in [2.75, 3.05) is 6.54 Å². The Morgan fingerprint density at radius 2 is 2.44 bits per heavy atom. The lowest BCUT2D eigenvalue weighted by Gasteiger charge is -2.05. The minimum absolute atomic E-state index is 0.638. The summed E-state index contributed by atoms with van der Waals surface area (Å²) in [5.74, 6) is 0. The smallest absolute Gasteiger partial charge is 0.0957 e. The molecule has 0 bridgehead atoms. The van der Waals surface area contributed by atoms with Crippen molar-refractivity contribution in [3.8, 4) is 0 Å². The van der Waals surface area contributed by atoms with Crippen molar-refractivity contribution >= 4 is 37.5 Å². The number of halogens is 1. The number of benzene rings is 1. The second-order valence-electron chi connectivity index (χ2n) is 4.19. The van der Waals surface area contributed by atoms with E-state index in [4.69, 9.17) is 4.98 Å². The summed E-state index contributed by atoms with van der Waals surface area (Å²) in [5, 5.41) is 4.77. The molecule has 0 saturated carbocycles. The van der Waals surface area contributed by atoms with Crippen LogP contribution in [0.25, 0.3) is 10.2 Å². The number of para-hydroxylation sites is 1. The van der Waals surface area contributed by atoms with Gasteiger partial charge in [-0.05, 0) is 47.4 Å². The molecule has 0 radical (unpaired) electrons. The van der Waals surface area contributed by atoms with Crippen LogP contribution in [0.5, 0.6) is 0 Å². The zero-order chi connectivity index (χ0) is 11.0. The first-order chi connectivity index (χ1) is 7.83. The van der Waals surface area contributed by atoms with E-state index in [1.54, 1.807) is 0 Å². The molecular formula is C12H13BrN2S. The lowest BCUT2D eigenvalue weighted by molar-refractivity contribution is 0.602. The summed E-state index contributed by atoms with van der Waals surface area (Å²) < 4.78 is 2.38. The van der Waals surface area contributed by atoms with Gasteiger partial charge in [-0.25, -0.2) is 4.98 Å². The molecule has 0 aliphatic carbocycles. The van der Waals surface area contributed by atoms with Gasteiger partial charge in [-0.2, -0.15) is 0 Å². The fraction of sp³-hybridized carbons (Fsp3) is 0.417. The second kappa shape index (κ2) is 4.43. The molecule has 0 spiro atoms. The quantitative estimate of drug-likeness (QED) is 0.919. The van der Waals surface area contributed by atoms with Crippen molar-refractivity contribution in [3.05, 3.63) is 27.7 Å². The Bertz CT molecular complexity index is 503. The van der Waals surface area contributed by atoms with Crippen molar-refractivity contribution in [1.82, 2.24) is 10.3 Å². The van der Waals surface area contributed by atoms with Gasteiger partial charge in [-0.3, -0.25) is 0 Å². The van der Waals surface area contributed by atoms with Gasteiger partial charge in [0.2, 0.25) is 0 Å². The lowest BCUT2D eigenvalue weighted by Crippen LogP contribution is -2.23. The molecule has 4 heteroatoms. The van der Waals surface area contributed by atoms with E-state index in [0.717, 1.165) is 16.4 Å². The number of rotatable bonds is 2. The maximum atomic E-state index is 4.71. The first-order valence-electron chi connectivity index (χ1n) is 5.60. The van der Waals surface area contributed by atoms with Crippen molar-refractivity contribution in [3.63, 3.8) is 0 Å². The van der Waals surface area contributed by atoms with E-state index < -0.39 is 0 Å².